The Bertz CT molecular complexity index is 569. The van der Waals surface area contributed by atoms with Gasteiger partial charge >= 0.3 is 0 Å². The molecule has 96 valence electrons. The molecule has 1 saturated carbocycles. The molecule has 1 aromatic carbocycles. The van der Waals surface area contributed by atoms with Gasteiger partial charge in [-0.2, -0.15) is 0 Å². The number of hydrogen-bond acceptors (Lipinski definition) is 2. The van der Waals surface area contributed by atoms with E-state index in [-0.39, 0.29) is 5.92 Å². The normalized spacial score (nSPS) is 28.7. The van der Waals surface area contributed by atoms with E-state index in [0.29, 0.717) is 0 Å². The Kier molecular flexibility index (Phi) is 2.70. The first-order valence-corrected chi connectivity index (χ1v) is 6.83. The van der Waals surface area contributed by atoms with E-state index in [2.05, 4.69) is 6.92 Å². The summed E-state index contributed by atoms with van der Waals surface area (Å²) in [6.45, 7) is 4.17. The third kappa shape index (κ3) is 1.67. The van der Waals surface area contributed by atoms with Crippen molar-refractivity contribution in [3.05, 3.63) is 35.6 Å². The first-order chi connectivity index (χ1) is 8.61. The molecule has 0 spiro atoms. The van der Waals surface area contributed by atoms with Gasteiger partial charge in [0.2, 0.25) is 0 Å². The van der Waals surface area contributed by atoms with Crippen molar-refractivity contribution in [3.63, 3.8) is 0 Å². The van der Waals surface area contributed by atoms with Gasteiger partial charge in [-0.15, -0.1) is 0 Å². The second-order valence-electron chi connectivity index (χ2n) is 5.67. The molecule has 0 aliphatic heterocycles. The lowest BCUT2D eigenvalue weighted by atomic mass is 9.75. The summed E-state index contributed by atoms with van der Waals surface area (Å²) in [5, 5.41) is 12.0. The number of aryl methyl sites for hydroxylation is 1. The molecule has 2 heteroatoms. The molecular formula is C16H20O2. The van der Waals surface area contributed by atoms with Crippen LogP contribution in [0.1, 0.15) is 43.9 Å². The third-order valence-electron chi connectivity index (χ3n) is 4.43. The summed E-state index contributed by atoms with van der Waals surface area (Å²) in [6, 6.07) is 8.14. The molecule has 1 aromatic heterocycles. The zero-order valence-electron chi connectivity index (χ0n) is 11.1. The number of rotatable bonds is 1. The monoisotopic (exact) mass is 244 g/mol. The van der Waals surface area contributed by atoms with Crippen LogP contribution in [0.15, 0.2) is 28.7 Å². The van der Waals surface area contributed by atoms with E-state index >= 15 is 0 Å². The van der Waals surface area contributed by atoms with Crippen LogP contribution in [-0.4, -0.2) is 5.11 Å². The summed E-state index contributed by atoms with van der Waals surface area (Å²) in [4.78, 5) is 0. The fourth-order valence-corrected chi connectivity index (χ4v) is 3.12. The van der Waals surface area contributed by atoms with Crippen molar-refractivity contribution in [2.24, 2.45) is 5.92 Å². The lowest BCUT2D eigenvalue weighted by Gasteiger charge is -2.36. The number of para-hydroxylation sites is 1. The lowest BCUT2D eigenvalue weighted by molar-refractivity contribution is -0.0626. The van der Waals surface area contributed by atoms with Gasteiger partial charge in [0.05, 0.1) is 0 Å². The van der Waals surface area contributed by atoms with Crippen LogP contribution in [0.5, 0.6) is 0 Å². The quantitative estimate of drug-likeness (QED) is 0.818. The van der Waals surface area contributed by atoms with Gasteiger partial charge < -0.3 is 9.52 Å². The maximum atomic E-state index is 10.9. The van der Waals surface area contributed by atoms with Gasteiger partial charge in [-0.1, -0.05) is 38.0 Å². The first-order valence-electron chi connectivity index (χ1n) is 6.83. The van der Waals surface area contributed by atoms with E-state index in [1.807, 2.05) is 31.2 Å². The van der Waals surface area contributed by atoms with Crippen LogP contribution in [0, 0.1) is 12.8 Å². The highest BCUT2D eigenvalue weighted by Gasteiger charge is 2.40. The van der Waals surface area contributed by atoms with Crippen LogP contribution in [0.25, 0.3) is 11.0 Å². The third-order valence-corrected chi connectivity index (χ3v) is 4.43. The minimum atomic E-state index is -0.774. The summed E-state index contributed by atoms with van der Waals surface area (Å²) in [6.07, 6.45) is 4.18. The molecule has 0 amide bonds. The lowest BCUT2D eigenvalue weighted by Crippen LogP contribution is -2.35. The van der Waals surface area contributed by atoms with Crippen molar-refractivity contribution in [3.8, 4) is 0 Å². The van der Waals surface area contributed by atoms with Crippen LogP contribution in [-0.2, 0) is 5.60 Å². The summed E-state index contributed by atoms with van der Waals surface area (Å²) in [5.41, 5.74) is 1.27. The molecule has 1 N–H and O–H groups in total. The van der Waals surface area contributed by atoms with Crippen LogP contribution in [0.4, 0.5) is 0 Å². The van der Waals surface area contributed by atoms with E-state index < -0.39 is 5.60 Å². The SMILES string of the molecule is Cc1cccc2cc(C3(O)CCCCC3C)oc12. The van der Waals surface area contributed by atoms with E-state index in [0.717, 1.165) is 41.6 Å². The van der Waals surface area contributed by atoms with Crippen LogP contribution in [0.2, 0.25) is 0 Å². The predicted molar refractivity (Wildman–Crippen MR) is 72.5 cm³/mol. The predicted octanol–water partition coefficient (Wildman–Crippen LogP) is 4.14. The van der Waals surface area contributed by atoms with Gasteiger partial charge in [-0.25, -0.2) is 0 Å². The summed E-state index contributed by atoms with van der Waals surface area (Å²) < 4.78 is 5.96. The topological polar surface area (TPSA) is 33.4 Å². The Morgan fingerprint density at radius 2 is 2.17 bits per heavy atom. The molecule has 3 rings (SSSR count). The number of furan rings is 1. The molecule has 1 aliphatic carbocycles. The smallest absolute Gasteiger partial charge is 0.137 e. The number of benzene rings is 1. The average molecular weight is 244 g/mol. The highest BCUT2D eigenvalue weighted by Crippen LogP contribution is 2.43. The maximum absolute atomic E-state index is 10.9. The van der Waals surface area contributed by atoms with Crippen molar-refractivity contribution < 1.29 is 9.52 Å². The highest BCUT2D eigenvalue weighted by molar-refractivity contribution is 5.81. The standard InChI is InChI=1S/C16H20O2/c1-11-6-5-8-13-10-14(18-15(11)13)16(17)9-4-3-7-12(16)2/h5-6,8,10,12,17H,3-4,7,9H2,1-2H3. The van der Waals surface area contributed by atoms with Crippen LogP contribution < -0.4 is 0 Å². The van der Waals surface area contributed by atoms with Crippen molar-refractivity contribution in [2.75, 3.05) is 0 Å². The molecule has 0 radical (unpaired) electrons. The summed E-state index contributed by atoms with van der Waals surface area (Å²) >= 11 is 0. The zero-order chi connectivity index (χ0) is 12.8. The molecule has 1 fully saturated rings. The van der Waals surface area contributed by atoms with Crippen molar-refractivity contribution in [1.29, 1.82) is 0 Å². The van der Waals surface area contributed by atoms with Crippen molar-refractivity contribution in [2.45, 2.75) is 45.1 Å². The van der Waals surface area contributed by atoms with Gasteiger partial charge in [0, 0.05) is 5.39 Å². The minimum absolute atomic E-state index is 0.270. The molecule has 1 aliphatic rings. The Morgan fingerprint density at radius 3 is 2.89 bits per heavy atom. The van der Waals surface area contributed by atoms with Gasteiger partial charge in [0.25, 0.3) is 0 Å². The van der Waals surface area contributed by atoms with E-state index in [4.69, 9.17) is 4.42 Å². The fraction of sp³-hybridized carbons (Fsp3) is 0.500. The molecule has 1 heterocycles. The van der Waals surface area contributed by atoms with Gasteiger partial charge in [-0.3, -0.25) is 0 Å². The fourth-order valence-electron chi connectivity index (χ4n) is 3.12. The highest BCUT2D eigenvalue weighted by atomic mass is 16.4. The molecule has 0 bridgehead atoms. The molecule has 2 unspecified atom stereocenters. The number of fused-ring (bicyclic) bond motifs is 1. The average Bonchev–Trinajstić information content (AvgIpc) is 2.79. The number of hydrogen-bond donors (Lipinski definition) is 1. The summed E-state index contributed by atoms with van der Waals surface area (Å²) in [7, 11) is 0. The molecule has 0 saturated heterocycles. The van der Waals surface area contributed by atoms with Gasteiger partial charge in [-0.05, 0) is 37.3 Å². The zero-order valence-corrected chi connectivity index (χ0v) is 11.1. The van der Waals surface area contributed by atoms with Gasteiger partial charge in [0.1, 0.15) is 16.9 Å². The Balaban J connectivity index is 2.11. The Hall–Kier alpha value is -1.28. The van der Waals surface area contributed by atoms with Crippen LogP contribution in [0.3, 0.4) is 0 Å². The van der Waals surface area contributed by atoms with Crippen molar-refractivity contribution in [1.82, 2.24) is 0 Å². The van der Waals surface area contributed by atoms with Crippen LogP contribution >= 0.6 is 0 Å². The maximum Gasteiger partial charge on any atom is 0.137 e. The molecule has 2 aromatic rings. The van der Waals surface area contributed by atoms with E-state index in [1.165, 1.54) is 6.42 Å². The first kappa shape index (κ1) is 11.8. The Morgan fingerprint density at radius 1 is 1.33 bits per heavy atom. The largest absolute Gasteiger partial charge is 0.458 e. The molecule has 18 heavy (non-hydrogen) atoms. The second-order valence-corrected chi connectivity index (χ2v) is 5.67. The summed E-state index contributed by atoms with van der Waals surface area (Å²) in [5.74, 6) is 1.02. The molecule has 2 atom stereocenters. The van der Waals surface area contributed by atoms with Gasteiger partial charge in [0.15, 0.2) is 0 Å². The Labute approximate surface area is 108 Å². The number of aliphatic hydroxyl groups is 1. The minimum Gasteiger partial charge on any atom is -0.458 e. The van der Waals surface area contributed by atoms with Crippen molar-refractivity contribution >= 4 is 11.0 Å². The second kappa shape index (κ2) is 4.13. The molecule has 2 nitrogen and oxygen atoms in total. The van der Waals surface area contributed by atoms with E-state index in [1.54, 1.807) is 0 Å². The van der Waals surface area contributed by atoms with E-state index in [9.17, 15) is 5.11 Å². The molecular weight excluding hydrogens is 224 g/mol.